The standard InChI is InChI=1S/C32H30F5N5O3S/c1-18(2)24-13-12-23(44-3)16-26(24)25-14-15-46-30(25)40-31(43)39-28(34)27(33)19-4-6-20(7-5-19)29-38-17-42(41-29)21-8-10-22(11-9-21)45-32(35,36)37/h4-13,16-18,25,27-28H,14-15H2,1-3H3,(H,39,43)/b40-30-. The van der Waals surface area contributed by atoms with Crippen LogP contribution in [0, 0.1) is 0 Å². The van der Waals surface area contributed by atoms with Gasteiger partial charge in [0.2, 0.25) is 6.30 Å². The van der Waals surface area contributed by atoms with E-state index in [0.717, 1.165) is 35.4 Å². The molecule has 2 heterocycles. The highest BCUT2D eigenvalue weighted by Crippen LogP contribution is 2.40. The Morgan fingerprint density at radius 3 is 2.39 bits per heavy atom. The molecule has 4 aromatic rings. The Balaban J connectivity index is 1.22. The van der Waals surface area contributed by atoms with Gasteiger partial charge >= 0.3 is 12.4 Å². The third kappa shape index (κ3) is 7.84. The fourth-order valence-corrected chi connectivity index (χ4v) is 6.20. The lowest BCUT2D eigenvalue weighted by atomic mass is 9.88. The van der Waals surface area contributed by atoms with Gasteiger partial charge in [0.1, 0.15) is 17.8 Å². The second kappa shape index (κ2) is 13.9. The number of urea groups is 1. The number of hydrogen-bond donors (Lipinski definition) is 1. The maximum absolute atomic E-state index is 15.1. The average Bonchev–Trinajstić information content (AvgIpc) is 3.70. The van der Waals surface area contributed by atoms with Crippen molar-refractivity contribution in [2.75, 3.05) is 12.9 Å². The fourth-order valence-electron chi connectivity index (χ4n) is 5.04. The van der Waals surface area contributed by atoms with Crippen LogP contribution < -0.4 is 14.8 Å². The number of amides is 2. The van der Waals surface area contributed by atoms with Crippen LogP contribution in [0.4, 0.5) is 26.7 Å². The van der Waals surface area contributed by atoms with E-state index in [1.165, 1.54) is 59.2 Å². The minimum atomic E-state index is -4.80. The molecule has 0 bridgehead atoms. The summed E-state index contributed by atoms with van der Waals surface area (Å²) in [5, 5.41) is 6.85. The normalized spacial score (nSPS) is 17.2. The first-order valence-electron chi connectivity index (χ1n) is 14.3. The first-order valence-corrected chi connectivity index (χ1v) is 15.3. The van der Waals surface area contributed by atoms with Gasteiger partial charge in [0.25, 0.3) is 0 Å². The number of halogens is 5. The molecule has 5 rings (SSSR count). The molecule has 0 aliphatic carbocycles. The molecule has 0 spiro atoms. The van der Waals surface area contributed by atoms with Crippen LogP contribution in [-0.2, 0) is 0 Å². The lowest BCUT2D eigenvalue weighted by Crippen LogP contribution is -2.33. The summed E-state index contributed by atoms with van der Waals surface area (Å²) >= 11 is 1.41. The van der Waals surface area contributed by atoms with Gasteiger partial charge in [0.05, 0.1) is 17.8 Å². The number of nitrogens with one attached hydrogen (secondary N) is 1. The topological polar surface area (TPSA) is 90.6 Å². The summed E-state index contributed by atoms with van der Waals surface area (Å²) in [7, 11) is 1.58. The number of alkyl halides is 5. The largest absolute Gasteiger partial charge is 0.573 e. The molecular formula is C32H30F5N5O3S. The summed E-state index contributed by atoms with van der Waals surface area (Å²) in [5.41, 5.74) is 3.00. The third-order valence-electron chi connectivity index (χ3n) is 7.29. The van der Waals surface area contributed by atoms with E-state index in [0.29, 0.717) is 22.0 Å². The van der Waals surface area contributed by atoms with E-state index in [2.05, 4.69) is 33.7 Å². The number of hydrogen-bond acceptors (Lipinski definition) is 6. The molecule has 1 aliphatic rings. The molecule has 1 aromatic heterocycles. The smallest absolute Gasteiger partial charge is 0.497 e. The monoisotopic (exact) mass is 659 g/mol. The number of rotatable bonds is 9. The van der Waals surface area contributed by atoms with Crippen LogP contribution in [0.5, 0.6) is 11.5 Å². The third-order valence-corrected chi connectivity index (χ3v) is 8.40. The highest BCUT2D eigenvalue weighted by atomic mass is 32.2. The first kappa shape index (κ1) is 32.9. The van der Waals surface area contributed by atoms with Gasteiger partial charge in [0, 0.05) is 17.2 Å². The van der Waals surface area contributed by atoms with Crippen molar-refractivity contribution in [2.45, 2.75) is 50.9 Å². The van der Waals surface area contributed by atoms with Crippen LogP contribution >= 0.6 is 11.8 Å². The number of carbonyl (C=O) groups excluding carboxylic acids is 1. The van der Waals surface area contributed by atoms with Gasteiger partial charge in [-0.3, -0.25) is 0 Å². The number of benzene rings is 3. The zero-order chi connectivity index (χ0) is 33.0. The Morgan fingerprint density at radius 1 is 1.04 bits per heavy atom. The van der Waals surface area contributed by atoms with Crippen molar-refractivity contribution >= 4 is 22.8 Å². The van der Waals surface area contributed by atoms with Crippen LogP contribution in [0.1, 0.15) is 55.0 Å². The zero-order valence-electron chi connectivity index (χ0n) is 25.0. The van der Waals surface area contributed by atoms with Crippen LogP contribution in [-0.4, -0.2) is 51.4 Å². The molecule has 1 aliphatic heterocycles. The van der Waals surface area contributed by atoms with Crippen molar-refractivity contribution in [3.8, 4) is 28.6 Å². The number of aromatic nitrogens is 3. The van der Waals surface area contributed by atoms with Gasteiger partial charge < -0.3 is 14.8 Å². The molecule has 242 valence electrons. The van der Waals surface area contributed by atoms with Crippen LogP contribution in [0.15, 0.2) is 78.0 Å². The number of carbonyl (C=O) groups is 1. The number of ether oxygens (including phenoxy) is 2. The van der Waals surface area contributed by atoms with E-state index in [9.17, 15) is 22.4 Å². The summed E-state index contributed by atoms with van der Waals surface area (Å²) in [4.78, 5) is 21.0. The van der Waals surface area contributed by atoms with Crippen molar-refractivity contribution in [1.29, 1.82) is 0 Å². The van der Waals surface area contributed by atoms with E-state index >= 15 is 4.39 Å². The predicted molar refractivity (Wildman–Crippen MR) is 165 cm³/mol. The SMILES string of the molecule is COc1ccc(C(C)C)c(C2CCS/C2=N\C(=O)NC(F)C(F)c2ccc(-c3ncn(-c4ccc(OC(F)(F)F)cc4)n3)cc2)c1. The first-order chi connectivity index (χ1) is 21.9. The zero-order valence-corrected chi connectivity index (χ0v) is 25.8. The van der Waals surface area contributed by atoms with Crippen LogP contribution in [0.25, 0.3) is 17.1 Å². The lowest BCUT2D eigenvalue weighted by molar-refractivity contribution is -0.274. The number of aliphatic imine (C=N–C) groups is 1. The quantitative estimate of drug-likeness (QED) is 0.144. The molecule has 3 atom stereocenters. The van der Waals surface area contributed by atoms with Gasteiger partial charge in [-0.2, -0.15) is 4.99 Å². The minimum absolute atomic E-state index is 0.0186. The van der Waals surface area contributed by atoms with Gasteiger partial charge in [0.15, 0.2) is 12.0 Å². The lowest BCUT2D eigenvalue weighted by Gasteiger charge is -2.19. The van der Waals surface area contributed by atoms with E-state index in [4.69, 9.17) is 4.74 Å². The van der Waals surface area contributed by atoms with E-state index < -0.39 is 24.9 Å². The van der Waals surface area contributed by atoms with Gasteiger partial charge in [-0.05, 0) is 65.4 Å². The molecule has 46 heavy (non-hydrogen) atoms. The second-order valence-electron chi connectivity index (χ2n) is 10.7. The summed E-state index contributed by atoms with van der Waals surface area (Å²) in [6.07, 6.45) is -7.21. The molecule has 0 radical (unpaired) electrons. The average molecular weight is 660 g/mol. The summed E-state index contributed by atoms with van der Waals surface area (Å²) in [5.74, 6) is 1.36. The maximum Gasteiger partial charge on any atom is 0.573 e. The molecular weight excluding hydrogens is 629 g/mol. The van der Waals surface area contributed by atoms with Crippen molar-refractivity contribution < 1.29 is 36.2 Å². The summed E-state index contributed by atoms with van der Waals surface area (Å²) in [6.45, 7) is 4.15. The maximum atomic E-state index is 15.1. The van der Waals surface area contributed by atoms with E-state index in [-0.39, 0.29) is 29.0 Å². The molecule has 1 N–H and O–H groups in total. The Kier molecular flexibility index (Phi) is 9.94. The van der Waals surface area contributed by atoms with E-state index in [1.54, 1.807) is 7.11 Å². The number of methoxy groups -OCH3 is 1. The highest BCUT2D eigenvalue weighted by Gasteiger charge is 2.32. The second-order valence-corrected chi connectivity index (χ2v) is 11.8. The molecule has 14 heteroatoms. The fraction of sp³-hybridized carbons (Fsp3) is 0.312. The van der Waals surface area contributed by atoms with Crippen molar-refractivity contribution in [2.24, 2.45) is 4.99 Å². The van der Waals surface area contributed by atoms with Gasteiger partial charge in [-0.1, -0.05) is 44.2 Å². The summed E-state index contributed by atoms with van der Waals surface area (Å²) < 4.78 is 77.8. The number of thioether (sulfide) groups is 1. The van der Waals surface area contributed by atoms with Gasteiger partial charge in [-0.25, -0.2) is 23.2 Å². The summed E-state index contributed by atoms with van der Waals surface area (Å²) in [6, 6.07) is 15.6. The highest BCUT2D eigenvalue weighted by molar-refractivity contribution is 8.14. The Bertz CT molecular complexity index is 1690. The van der Waals surface area contributed by atoms with Crippen LogP contribution in [0.3, 0.4) is 0 Å². The van der Waals surface area contributed by atoms with E-state index in [1.807, 2.05) is 23.5 Å². The minimum Gasteiger partial charge on any atom is -0.497 e. The predicted octanol–water partition coefficient (Wildman–Crippen LogP) is 8.30. The molecule has 1 fully saturated rings. The Morgan fingerprint density at radius 2 is 1.74 bits per heavy atom. The van der Waals surface area contributed by atoms with Crippen molar-refractivity contribution in [3.05, 3.63) is 89.7 Å². The molecule has 3 aromatic carbocycles. The Hall–Kier alpha value is -4.46. The van der Waals surface area contributed by atoms with Crippen LogP contribution in [0.2, 0.25) is 0 Å². The van der Waals surface area contributed by atoms with Crippen molar-refractivity contribution in [1.82, 2.24) is 20.1 Å². The molecule has 8 nitrogen and oxygen atoms in total. The van der Waals surface area contributed by atoms with Crippen molar-refractivity contribution in [3.63, 3.8) is 0 Å². The molecule has 3 unspecified atom stereocenters. The molecule has 1 saturated heterocycles. The van der Waals surface area contributed by atoms with Gasteiger partial charge in [-0.15, -0.1) is 30.0 Å². The number of nitrogens with zero attached hydrogens (tertiary/aromatic N) is 4. The molecule has 0 saturated carbocycles. The molecule has 2 amide bonds. The Labute approximate surface area is 266 Å².